The molecule has 1 atom stereocenters. The van der Waals surface area contributed by atoms with Crippen molar-refractivity contribution in [2.24, 2.45) is 0 Å². The molecule has 0 saturated carbocycles. The van der Waals surface area contributed by atoms with Crippen molar-refractivity contribution in [1.29, 1.82) is 0 Å². The van der Waals surface area contributed by atoms with E-state index in [-0.39, 0.29) is 0 Å². The quantitative estimate of drug-likeness (QED) is 0.785. The van der Waals surface area contributed by atoms with E-state index in [9.17, 15) is 9.90 Å². The third-order valence-electron chi connectivity index (χ3n) is 3.42. The Morgan fingerprint density at radius 1 is 1.42 bits per heavy atom. The molecule has 1 aromatic rings. The molecule has 4 heteroatoms. The average molecular weight is 265 g/mol. The van der Waals surface area contributed by atoms with E-state index in [1.807, 2.05) is 12.1 Å². The molecular weight excluding hydrogens is 242 g/mol. The second-order valence-electron chi connectivity index (χ2n) is 4.68. The van der Waals surface area contributed by atoms with E-state index in [4.69, 9.17) is 4.74 Å². The summed E-state index contributed by atoms with van der Waals surface area (Å²) in [6.07, 6.45) is 1.03. The summed E-state index contributed by atoms with van der Waals surface area (Å²) in [5.41, 5.74) is 1.24. The molecule has 0 aliphatic heterocycles. The minimum Gasteiger partial charge on any atom is -0.478 e. The predicted octanol–water partition coefficient (Wildman–Crippen LogP) is 2.63. The number of nitrogens with zero attached hydrogens (tertiary/aromatic N) is 1. The molecule has 19 heavy (non-hydrogen) atoms. The summed E-state index contributed by atoms with van der Waals surface area (Å²) in [5, 5.41) is 9.21. The van der Waals surface area contributed by atoms with Gasteiger partial charge in [0.2, 0.25) is 0 Å². The number of benzene rings is 1. The Labute approximate surface area is 115 Å². The molecule has 0 radical (unpaired) electrons. The lowest BCUT2D eigenvalue weighted by Crippen LogP contribution is -2.35. The third kappa shape index (κ3) is 4.65. The van der Waals surface area contributed by atoms with E-state index in [2.05, 4.69) is 18.7 Å². The molecule has 1 N–H and O–H groups in total. The Kier molecular flexibility index (Phi) is 6.53. The van der Waals surface area contributed by atoms with Gasteiger partial charge in [0, 0.05) is 26.2 Å². The van der Waals surface area contributed by atoms with Crippen molar-refractivity contribution in [3.63, 3.8) is 0 Å². The van der Waals surface area contributed by atoms with E-state index >= 15 is 0 Å². The highest BCUT2D eigenvalue weighted by atomic mass is 16.5. The zero-order valence-corrected chi connectivity index (χ0v) is 11.9. The summed E-state index contributed by atoms with van der Waals surface area (Å²) in [5.74, 6) is -0.869. The first-order chi connectivity index (χ1) is 9.10. The predicted molar refractivity (Wildman–Crippen MR) is 75.4 cm³/mol. The van der Waals surface area contributed by atoms with Crippen molar-refractivity contribution in [3.05, 3.63) is 35.4 Å². The fourth-order valence-electron chi connectivity index (χ4n) is 2.01. The average Bonchev–Trinajstić information content (AvgIpc) is 2.42. The third-order valence-corrected chi connectivity index (χ3v) is 3.42. The molecule has 1 unspecified atom stereocenters. The first kappa shape index (κ1) is 15.7. The van der Waals surface area contributed by atoms with Gasteiger partial charge in [0.1, 0.15) is 0 Å². The fourth-order valence-corrected chi connectivity index (χ4v) is 2.01. The number of rotatable bonds is 8. The van der Waals surface area contributed by atoms with Crippen LogP contribution in [0.15, 0.2) is 24.3 Å². The highest BCUT2D eigenvalue weighted by molar-refractivity contribution is 5.89. The lowest BCUT2D eigenvalue weighted by Gasteiger charge is -2.28. The van der Waals surface area contributed by atoms with Gasteiger partial charge in [0.15, 0.2) is 0 Å². The van der Waals surface area contributed by atoms with Crippen molar-refractivity contribution in [2.45, 2.75) is 32.9 Å². The van der Waals surface area contributed by atoms with Gasteiger partial charge in [0.25, 0.3) is 0 Å². The van der Waals surface area contributed by atoms with Gasteiger partial charge in [0.05, 0.1) is 12.2 Å². The Morgan fingerprint density at radius 3 is 2.68 bits per heavy atom. The van der Waals surface area contributed by atoms with Crippen LogP contribution in [0.5, 0.6) is 0 Å². The molecule has 1 rings (SSSR count). The van der Waals surface area contributed by atoms with Crippen LogP contribution in [0.4, 0.5) is 0 Å². The monoisotopic (exact) mass is 265 g/mol. The molecule has 106 valence electrons. The minimum atomic E-state index is -0.869. The molecule has 0 amide bonds. The Hall–Kier alpha value is -1.39. The smallest absolute Gasteiger partial charge is 0.336 e. The summed E-state index contributed by atoms with van der Waals surface area (Å²) in [4.78, 5) is 13.5. The second-order valence-corrected chi connectivity index (χ2v) is 4.68. The van der Waals surface area contributed by atoms with E-state index in [0.29, 0.717) is 24.8 Å². The SMILES string of the molecule is CCC(C)N(CCOC)Cc1ccccc1C(=O)O. The van der Waals surface area contributed by atoms with Crippen LogP contribution < -0.4 is 0 Å². The number of aromatic carboxylic acids is 1. The maximum Gasteiger partial charge on any atom is 0.336 e. The fraction of sp³-hybridized carbons (Fsp3) is 0.533. The summed E-state index contributed by atoms with van der Waals surface area (Å²) < 4.78 is 5.12. The van der Waals surface area contributed by atoms with Crippen LogP contribution >= 0.6 is 0 Å². The zero-order chi connectivity index (χ0) is 14.3. The first-order valence-electron chi connectivity index (χ1n) is 6.64. The van der Waals surface area contributed by atoms with Gasteiger partial charge < -0.3 is 9.84 Å². The van der Waals surface area contributed by atoms with Gasteiger partial charge in [-0.25, -0.2) is 4.79 Å². The Bertz CT molecular complexity index is 406. The molecule has 1 aromatic carbocycles. The van der Waals surface area contributed by atoms with Crippen molar-refractivity contribution >= 4 is 5.97 Å². The van der Waals surface area contributed by atoms with Crippen molar-refractivity contribution in [3.8, 4) is 0 Å². The molecule has 0 aromatic heterocycles. The highest BCUT2D eigenvalue weighted by Crippen LogP contribution is 2.15. The van der Waals surface area contributed by atoms with Gasteiger partial charge in [-0.2, -0.15) is 0 Å². The normalized spacial score (nSPS) is 12.6. The van der Waals surface area contributed by atoms with Crippen molar-refractivity contribution in [1.82, 2.24) is 4.90 Å². The topological polar surface area (TPSA) is 49.8 Å². The van der Waals surface area contributed by atoms with Crippen molar-refractivity contribution in [2.75, 3.05) is 20.3 Å². The van der Waals surface area contributed by atoms with Gasteiger partial charge in [-0.05, 0) is 25.0 Å². The molecule has 0 heterocycles. The van der Waals surface area contributed by atoms with Gasteiger partial charge in [-0.1, -0.05) is 25.1 Å². The second kappa shape index (κ2) is 7.92. The Morgan fingerprint density at radius 2 is 2.11 bits per heavy atom. The standard InChI is InChI=1S/C15H23NO3/c1-4-12(2)16(9-10-19-3)11-13-7-5-6-8-14(13)15(17)18/h5-8,12H,4,9-11H2,1-3H3,(H,17,18). The lowest BCUT2D eigenvalue weighted by atomic mass is 10.1. The number of ether oxygens (including phenoxy) is 1. The zero-order valence-electron chi connectivity index (χ0n) is 11.9. The molecule has 0 saturated heterocycles. The molecular formula is C15H23NO3. The number of hydrogen-bond donors (Lipinski definition) is 1. The Balaban J connectivity index is 2.86. The van der Waals surface area contributed by atoms with E-state index in [1.54, 1.807) is 19.2 Å². The minimum absolute atomic E-state index is 0.383. The molecule has 0 aliphatic rings. The lowest BCUT2D eigenvalue weighted by molar-refractivity contribution is 0.0692. The van der Waals surface area contributed by atoms with Gasteiger partial charge in [-0.3, -0.25) is 4.90 Å². The number of hydrogen-bond acceptors (Lipinski definition) is 3. The summed E-state index contributed by atoms with van der Waals surface area (Å²) in [6, 6.07) is 7.58. The van der Waals surface area contributed by atoms with Crippen LogP contribution in [0.3, 0.4) is 0 Å². The summed E-state index contributed by atoms with van der Waals surface area (Å²) in [6.45, 7) is 6.38. The molecule has 4 nitrogen and oxygen atoms in total. The summed E-state index contributed by atoms with van der Waals surface area (Å²) in [7, 11) is 1.68. The molecule has 0 fully saturated rings. The van der Waals surface area contributed by atoms with Crippen LogP contribution in [-0.2, 0) is 11.3 Å². The number of carboxylic acid groups (broad SMARTS) is 1. The van der Waals surface area contributed by atoms with Crippen LogP contribution in [0.2, 0.25) is 0 Å². The molecule has 0 spiro atoms. The maximum atomic E-state index is 11.2. The van der Waals surface area contributed by atoms with E-state index in [0.717, 1.165) is 18.5 Å². The van der Waals surface area contributed by atoms with E-state index < -0.39 is 5.97 Å². The van der Waals surface area contributed by atoms with Gasteiger partial charge in [-0.15, -0.1) is 0 Å². The summed E-state index contributed by atoms with van der Waals surface area (Å²) >= 11 is 0. The van der Waals surface area contributed by atoms with E-state index in [1.165, 1.54) is 0 Å². The van der Waals surface area contributed by atoms with Crippen molar-refractivity contribution < 1.29 is 14.6 Å². The maximum absolute atomic E-state index is 11.2. The van der Waals surface area contributed by atoms with Crippen LogP contribution in [-0.4, -0.2) is 42.3 Å². The number of carbonyl (C=O) groups is 1. The van der Waals surface area contributed by atoms with Gasteiger partial charge >= 0.3 is 5.97 Å². The number of carboxylic acids is 1. The molecule has 0 bridgehead atoms. The van der Waals surface area contributed by atoms with Crippen LogP contribution in [0.1, 0.15) is 36.2 Å². The largest absolute Gasteiger partial charge is 0.478 e. The number of methoxy groups -OCH3 is 1. The highest BCUT2D eigenvalue weighted by Gasteiger charge is 2.16. The van der Waals surface area contributed by atoms with Crippen LogP contribution in [0, 0.1) is 0 Å². The first-order valence-corrected chi connectivity index (χ1v) is 6.64. The van der Waals surface area contributed by atoms with Crippen LogP contribution in [0.25, 0.3) is 0 Å². The molecule has 0 aliphatic carbocycles.